The second-order valence-electron chi connectivity index (χ2n) is 3.37. The normalized spacial score (nSPS) is 10.7. The fourth-order valence-electron chi connectivity index (χ4n) is 1.41. The standard InChI is InChI=1S/C10H13Cl2NO4S.Na/c11-5-7-13(8-6-12)9-1-3-10(4-2-9)17-18(14,15)16;/h1-4H,5-8H2,(H,14,15,16);/q;+1. The molecule has 102 valence electrons. The molecule has 0 amide bonds. The first kappa shape index (κ1) is 19.3. The Morgan fingerprint density at radius 1 is 1.11 bits per heavy atom. The van der Waals surface area contributed by atoms with E-state index in [0.29, 0.717) is 24.8 Å². The third-order valence-electron chi connectivity index (χ3n) is 2.11. The average Bonchev–Trinajstić information content (AvgIpc) is 2.28. The van der Waals surface area contributed by atoms with E-state index in [4.69, 9.17) is 27.8 Å². The van der Waals surface area contributed by atoms with Crippen LogP contribution in [0.2, 0.25) is 0 Å². The molecule has 1 aromatic rings. The Balaban J connectivity index is 0.00000324. The van der Waals surface area contributed by atoms with Crippen molar-refractivity contribution in [2.75, 3.05) is 29.7 Å². The quantitative estimate of drug-likeness (QED) is 0.399. The first-order valence-electron chi connectivity index (χ1n) is 5.10. The van der Waals surface area contributed by atoms with Crippen molar-refractivity contribution in [1.29, 1.82) is 0 Å². The summed E-state index contributed by atoms with van der Waals surface area (Å²) in [7, 11) is -4.49. The molecule has 0 aromatic heterocycles. The van der Waals surface area contributed by atoms with Crippen LogP contribution in [0.1, 0.15) is 0 Å². The predicted molar refractivity (Wildman–Crippen MR) is 72.3 cm³/mol. The first-order chi connectivity index (χ1) is 8.46. The van der Waals surface area contributed by atoms with Crippen LogP contribution in [-0.4, -0.2) is 37.8 Å². The molecule has 0 unspecified atom stereocenters. The summed E-state index contributed by atoms with van der Waals surface area (Å²) < 4.78 is 33.9. The van der Waals surface area contributed by atoms with Gasteiger partial charge < -0.3 is 9.08 Å². The van der Waals surface area contributed by atoms with Crippen molar-refractivity contribution >= 4 is 39.3 Å². The van der Waals surface area contributed by atoms with Gasteiger partial charge >= 0.3 is 40.0 Å². The molecule has 0 aliphatic carbocycles. The van der Waals surface area contributed by atoms with Gasteiger partial charge in [0.05, 0.1) is 0 Å². The van der Waals surface area contributed by atoms with Gasteiger partial charge in [-0.3, -0.25) is 4.55 Å². The van der Waals surface area contributed by atoms with Crippen LogP contribution in [0.15, 0.2) is 24.3 Å². The van der Waals surface area contributed by atoms with Gasteiger partial charge in [0.15, 0.2) is 0 Å². The molecule has 0 aliphatic heterocycles. The number of rotatable bonds is 7. The van der Waals surface area contributed by atoms with Crippen molar-refractivity contribution in [2.24, 2.45) is 0 Å². The zero-order valence-electron chi connectivity index (χ0n) is 10.4. The number of halogens is 2. The molecule has 9 heteroatoms. The van der Waals surface area contributed by atoms with E-state index >= 15 is 0 Å². The maximum atomic E-state index is 10.5. The minimum absolute atomic E-state index is 0. The van der Waals surface area contributed by atoms with E-state index < -0.39 is 10.4 Å². The van der Waals surface area contributed by atoms with Crippen molar-refractivity contribution < 1.29 is 46.7 Å². The van der Waals surface area contributed by atoms with Crippen molar-refractivity contribution in [2.45, 2.75) is 0 Å². The van der Waals surface area contributed by atoms with Crippen LogP contribution in [0.4, 0.5) is 5.69 Å². The Bertz CT molecular complexity index is 463. The molecule has 19 heavy (non-hydrogen) atoms. The molecule has 1 rings (SSSR count). The summed E-state index contributed by atoms with van der Waals surface area (Å²) in [5.41, 5.74) is 0.846. The molecule has 0 saturated heterocycles. The fraction of sp³-hybridized carbons (Fsp3) is 0.400. The molecule has 0 heterocycles. The number of hydrogen-bond acceptors (Lipinski definition) is 4. The zero-order chi connectivity index (χ0) is 13.6. The number of alkyl halides is 2. The molecular formula is C10H13Cl2NNaO4S+. The maximum Gasteiger partial charge on any atom is 1.00 e. The minimum Gasteiger partial charge on any atom is -0.369 e. The molecule has 5 nitrogen and oxygen atoms in total. The molecule has 0 saturated carbocycles. The van der Waals surface area contributed by atoms with Gasteiger partial charge in [0.25, 0.3) is 0 Å². The number of anilines is 1. The summed E-state index contributed by atoms with van der Waals surface area (Å²) in [6.45, 7) is 1.26. The van der Waals surface area contributed by atoms with Crippen LogP contribution in [0, 0.1) is 0 Å². The smallest absolute Gasteiger partial charge is 0.369 e. The number of hydrogen-bond donors (Lipinski definition) is 1. The minimum atomic E-state index is -4.49. The molecule has 1 N–H and O–H groups in total. The van der Waals surface area contributed by atoms with Crippen LogP contribution >= 0.6 is 23.2 Å². The molecule has 0 atom stereocenters. The molecule has 1 aromatic carbocycles. The Labute approximate surface area is 145 Å². The zero-order valence-corrected chi connectivity index (χ0v) is 14.7. The van der Waals surface area contributed by atoms with Gasteiger partial charge in [0, 0.05) is 30.5 Å². The summed E-state index contributed by atoms with van der Waals surface area (Å²) in [6.07, 6.45) is 0. The van der Waals surface area contributed by atoms with E-state index in [-0.39, 0.29) is 35.3 Å². The molecule has 0 spiro atoms. The molecule has 0 radical (unpaired) electrons. The van der Waals surface area contributed by atoms with Crippen LogP contribution < -0.4 is 38.6 Å². The van der Waals surface area contributed by atoms with Crippen LogP contribution in [0.25, 0.3) is 0 Å². The Morgan fingerprint density at radius 3 is 1.95 bits per heavy atom. The monoisotopic (exact) mass is 336 g/mol. The van der Waals surface area contributed by atoms with Gasteiger partial charge in [-0.1, -0.05) is 0 Å². The van der Waals surface area contributed by atoms with E-state index in [1.165, 1.54) is 12.1 Å². The third kappa shape index (κ3) is 7.60. The summed E-state index contributed by atoms with van der Waals surface area (Å²) in [5, 5.41) is 0. The second-order valence-corrected chi connectivity index (χ2v) is 5.15. The molecule has 0 bridgehead atoms. The van der Waals surface area contributed by atoms with Gasteiger partial charge in [-0.2, -0.15) is 8.42 Å². The summed E-state index contributed by atoms with van der Waals surface area (Å²) in [6, 6.07) is 6.22. The van der Waals surface area contributed by atoms with Gasteiger partial charge in [-0.25, -0.2) is 0 Å². The summed E-state index contributed by atoms with van der Waals surface area (Å²) in [5.74, 6) is 0.957. The van der Waals surface area contributed by atoms with Crippen molar-refractivity contribution in [3.63, 3.8) is 0 Å². The predicted octanol–water partition coefficient (Wildman–Crippen LogP) is -0.844. The van der Waals surface area contributed by atoms with Gasteiger partial charge in [-0.15, -0.1) is 23.2 Å². The maximum absolute atomic E-state index is 10.5. The largest absolute Gasteiger partial charge is 1.00 e. The number of nitrogens with zero attached hydrogens (tertiary/aromatic N) is 1. The first-order valence-corrected chi connectivity index (χ1v) is 7.53. The average molecular weight is 337 g/mol. The van der Waals surface area contributed by atoms with Gasteiger partial charge in [0.2, 0.25) is 0 Å². The van der Waals surface area contributed by atoms with E-state index in [1.54, 1.807) is 12.1 Å². The summed E-state index contributed by atoms with van der Waals surface area (Å²) in [4.78, 5) is 1.96. The molecular weight excluding hydrogens is 324 g/mol. The fourth-order valence-corrected chi connectivity index (χ4v) is 2.17. The van der Waals surface area contributed by atoms with Crippen LogP contribution in [0.3, 0.4) is 0 Å². The van der Waals surface area contributed by atoms with Crippen LogP contribution in [-0.2, 0) is 10.4 Å². The Morgan fingerprint density at radius 2 is 1.58 bits per heavy atom. The SMILES string of the molecule is O=S(=O)(O)Oc1ccc(N(CCCl)CCCl)cc1.[Na+]. The van der Waals surface area contributed by atoms with Crippen molar-refractivity contribution in [3.8, 4) is 5.75 Å². The Hall–Kier alpha value is 0.310. The number of benzene rings is 1. The Kier molecular flexibility index (Phi) is 9.43. The molecule has 0 aliphatic rings. The van der Waals surface area contributed by atoms with E-state index in [9.17, 15) is 8.42 Å². The van der Waals surface area contributed by atoms with Gasteiger partial charge in [0.1, 0.15) is 5.75 Å². The summed E-state index contributed by atoms with van der Waals surface area (Å²) >= 11 is 11.4. The van der Waals surface area contributed by atoms with Crippen LogP contribution in [0.5, 0.6) is 5.75 Å². The second kappa shape index (κ2) is 9.28. The van der Waals surface area contributed by atoms with Crippen molar-refractivity contribution in [1.82, 2.24) is 0 Å². The topological polar surface area (TPSA) is 66.8 Å². The van der Waals surface area contributed by atoms with E-state index in [2.05, 4.69) is 4.18 Å². The van der Waals surface area contributed by atoms with Crippen molar-refractivity contribution in [3.05, 3.63) is 24.3 Å². The molecule has 0 fully saturated rings. The van der Waals surface area contributed by atoms with Gasteiger partial charge in [-0.05, 0) is 24.3 Å². The van der Waals surface area contributed by atoms with E-state index in [0.717, 1.165) is 5.69 Å². The third-order valence-corrected chi connectivity index (χ3v) is 2.85. The van der Waals surface area contributed by atoms with E-state index in [1.807, 2.05) is 4.90 Å².